The standard InChI is InChI=1S/C19H25N5O3/c1-24-16(6-5-15-9-17(26-2)12-20-11-15)10-18(23-24)22-19(25)21-7-8-27-13-14-3-4-14/h9-12,14,19,21,25H,3-4,7-8,13H2,1-2H3,(H,22,23). The number of nitrogens with zero attached hydrogens (tertiary/aromatic N) is 3. The number of nitrogens with one attached hydrogen (secondary N) is 2. The highest BCUT2D eigenvalue weighted by Gasteiger charge is 2.20. The largest absolute Gasteiger partial charge is 0.495 e. The predicted molar refractivity (Wildman–Crippen MR) is 101 cm³/mol. The van der Waals surface area contributed by atoms with Crippen LogP contribution in [0.2, 0.25) is 0 Å². The van der Waals surface area contributed by atoms with Crippen molar-refractivity contribution >= 4 is 5.82 Å². The Hall–Kier alpha value is -2.60. The normalized spacial score (nSPS) is 14.3. The molecular formula is C19H25N5O3. The number of pyridine rings is 1. The summed E-state index contributed by atoms with van der Waals surface area (Å²) < 4.78 is 12.3. The minimum absolute atomic E-state index is 0.532. The summed E-state index contributed by atoms with van der Waals surface area (Å²) >= 11 is 0. The molecule has 3 N–H and O–H groups in total. The molecule has 0 radical (unpaired) electrons. The van der Waals surface area contributed by atoms with Gasteiger partial charge in [-0.15, -0.1) is 0 Å². The Kier molecular flexibility index (Phi) is 6.65. The number of hydrogen-bond donors (Lipinski definition) is 3. The molecule has 0 spiro atoms. The number of aliphatic hydroxyl groups excluding tert-OH is 1. The highest BCUT2D eigenvalue weighted by atomic mass is 16.5. The van der Waals surface area contributed by atoms with Crippen LogP contribution in [0.15, 0.2) is 24.5 Å². The van der Waals surface area contributed by atoms with Crippen molar-refractivity contribution in [2.45, 2.75) is 19.2 Å². The summed E-state index contributed by atoms with van der Waals surface area (Å²) in [7, 11) is 3.39. The van der Waals surface area contributed by atoms with Crippen LogP contribution in [0.1, 0.15) is 24.1 Å². The average Bonchev–Trinajstić information content (AvgIpc) is 3.42. The zero-order valence-corrected chi connectivity index (χ0v) is 15.6. The van der Waals surface area contributed by atoms with E-state index < -0.39 is 6.35 Å². The van der Waals surface area contributed by atoms with Gasteiger partial charge >= 0.3 is 0 Å². The number of aliphatic hydroxyl groups is 1. The molecule has 0 saturated heterocycles. The molecular weight excluding hydrogens is 346 g/mol. The molecule has 8 nitrogen and oxygen atoms in total. The van der Waals surface area contributed by atoms with Gasteiger partial charge in [-0.3, -0.25) is 15.0 Å². The molecule has 0 bridgehead atoms. The molecule has 2 heterocycles. The van der Waals surface area contributed by atoms with Gasteiger partial charge in [0.25, 0.3) is 0 Å². The van der Waals surface area contributed by atoms with Crippen LogP contribution in [-0.2, 0) is 11.8 Å². The van der Waals surface area contributed by atoms with E-state index in [9.17, 15) is 5.11 Å². The van der Waals surface area contributed by atoms with Gasteiger partial charge in [0.15, 0.2) is 12.2 Å². The van der Waals surface area contributed by atoms with E-state index in [1.165, 1.54) is 12.8 Å². The molecule has 1 saturated carbocycles. The van der Waals surface area contributed by atoms with Crippen LogP contribution in [0.25, 0.3) is 0 Å². The maximum Gasteiger partial charge on any atom is 0.182 e. The van der Waals surface area contributed by atoms with Crippen LogP contribution in [0.3, 0.4) is 0 Å². The van der Waals surface area contributed by atoms with E-state index in [-0.39, 0.29) is 0 Å². The number of aromatic nitrogens is 3. The van der Waals surface area contributed by atoms with E-state index >= 15 is 0 Å². The Balaban J connectivity index is 1.49. The molecule has 8 heteroatoms. The van der Waals surface area contributed by atoms with Crippen LogP contribution in [0.5, 0.6) is 5.75 Å². The lowest BCUT2D eigenvalue weighted by Gasteiger charge is -2.13. The van der Waals surface area contributed by atoms with Crippen LogP contribution in [0.4, 0.5) is 5.82 Å². The van der Waals surface area contributed by atoms with Crippen molar-refractivity contribution in [2.75, 3.05) is 32.2 Å². The number of aryl methyl sites for hydroxylation is 1. The fourth-order valence-electron chi connectivity index (χ4n) is 2.38. The third-order valence-electron chi connectivity index (χ3n) is 4.08. The lowest BCUT2D eigenvalue weighted by Crippen LogP contribution is -2.38. The maximum absolute atomic E-state index is 10.0. The minimum atomic E-state index is -0.909. The molecule has 1 atom stereocenters. The lowest BCUT2D eigenvalue weighted by atomic mass is 10.2. The van der Waals surface area contributed by atoms with Gasteiger partial charge in [0.05, 0.1) is 19.9 Å². The highest BCUT2D eigenvalue weighted by Crippen LogP contribution is 2.28. The Morgan fingerprint density at radius 3 is 2.96 bits per heavy atom. The first-order valence-corrected chi connectivity index (χ1v) is 8.95. The fraction of sp³-hybridized carbons (Fsp3) is 0.474. The van der Waals surface area contributed by atoms with Gasteiger partial charge in [0.1, 0.15) is 11.4 Å². The molecule has 27 heavy (non-hydrogen) atoms. The van der Waals surface area contributed by atoms with Crippen molar-refractivity contribution < 1.29 is 14.6 Å². The molecule has 0 aromatic carbocycles. The summed E-state index contributed by atoms with van der Waals surface area (Å²) in [5, 5.41) is 20.1. The van der Waals surface area contributed by atoms with E-state index in [0.717, 1.165) is 18.1 Å². The van der Waals surface area contributed by atoms with Crippen molar-refractivity contribution in [2.24, 2.45) is 13.0 Å². The van der Waals surface area contributed by atoms with E-state index in [1.54, 1.807) is 37.3 Å². The summed E-state index contributed by atoms with van der Waals surface area (Å²) in [6.45, 7) is 1.95. The van der Waals surface area contributed by atoms with Gasteiger partial charge in [-0.05, 0) is 30.7 Å². The molecule has 1 aliphatic rings. The molecule has 2 aromatic heterocycles. The minimum Gasteiger partial charge on any atom is -0.495 e. The molecule has 144 valence electrons. The van der Waals surface area contributed by atoms with Crippen molar-refractivity contribution in [3.63, 3.8) is 0 Å². The third-order valence-corrected chi connectivity index (χ3v) is 4.08. The van der Waals surface area contributed by atoms with Crippen LogP contribution < -0.4 is 15.4 Å². The highest BCUT2D eigenvalue weighted by molar-refractivity contribution is 5.46. The molecule has 0 aliphatic heterocycles. The van der Waals surface area contributed by atoms with E-state index in [4.69, 9.17) is 9.47 Å². The Morgan fingerprint density at radius 1 is 1.33 bits per heavy atom. The molecule has 3 rings (SSSR count). The van der Waals surface area contributed by atoms with Crippen LogP contribution in [0, 0.1) is 17.8 Å². The van der Waals surface area contributed by atoms with E-state index in [0.29, 0.717) is 30.4 Å². The first kappa shape index (κ1) is 19.2. The summed E-state index contributed by atoms with van der Waals surface area (Å²) in [5.74, 6) is 8.01. The zero-order valence-electron chi connectivity index (χ0n) is 15.6. The monoisotopic (exact) mass is 371 g/mol. The van der Waals surface area contributed by atoms with Gasteiger partial charge in [0.2, 0.25) is 0 Å². The van der Waals surface area contributed by atoms with Crippen molar-refractivity contribution in [1.82, 2.24) is 20.1 Å². The second kappa shape index (κ2) is 9.37. The number of hydrogen-bond acceptors (Lipinski definition) is 7. The van der Waals surface area contributed by atoms with Crippen LogP contribution >= 0.6 is 0 Å². The molecule has 1 fully saturated rings. The van der Waals surface area contributed by atoms with E-state index in [1.807, 2.05) is 6.07 Å². The Labute approximate surface area is 158 Å². The lowest BCUT2D eigenvalue weighted by molar-refractivity contribution is 0.104. The van der Waals surface area contributed by atoms with Crippen molar-refractivity contribution in [1.29, 1.82) is 0 Å². The topological polar surface area (TPSA) is 93.5 Å². The third kappa shape index (κ3) is 6.25. The Morgan fingerprint density at radius 2 is 2.19 bits per heavy atom. The van der Waals surface area contributed by atoms with Gasteiger partial charge < -0.3 is 19.9 Å². The molecule has 0 amide bonds. The summed E-state index contributed by atoms with van der Waals surface area (Å²) in [4.78, 5) is 4.08. The maximum atomic E-state index is 10.0. The second-order valence-electron chi connectivity index (χ2n) is 6.42. The second-order valence-corrected chi connectivity index (χ2v) is 6.42. The predicted octanol–water partition coefficient (Wildman–Crippen LogP) is 0.927. The van der Waals surface area contributed by atoms with Gasteiger partial charge in [-0.1, -0.05) is 5.92 Å². The fourth-order valence-corrected chi connectivity index (χ4v) is 2.38. The number of methoxy groups -OCH3 is 1. The number of rotatable bonds is 9. The van der Waals surface area contributed by atoms with Crippen molar-refractivity contribution in [3.8, 4) is 17.6 Å². The molecule has 2 aromatic rings. The van der Waals surface area contributed by atoms with Gasteiger partial charge in [-0.25, -0.2) is 0 Å². The first-order chi connectivity index (χ1) is 13.1. The van der Waals surface area contributed by atoms with Gasteiger partial charge in [-0.2, -0.15) is 5.10 Å². The van der Waals surface area contributed by atoms with Crippen LogP contribution in [-0.4, -0.2) is 53.1 Å². The Bertz CT molecular complexity index is 807. The first-order valence-electron chi connectivity index (χ1n) is 8.95. The zero-order chi connectivity index (χ0) is 19.1. The quantitative estimate of drug-likeness (QED) is 0.343. The molecule has 1 unspecified atom stereocenters. The van der Waals surface area contributed by atoms with Gasteiger partial charge in [0, 0.05) is 38.0 Å². The number of anilines is 1. The number of ether oxygens (including phenoxy) is 2. The van der Waals surface area contributed by atoms with E-state index in [2.05, 4.69) is 32.6 Å². The van der Waals surface area contributed by atoms with Crippen molar-refractivity contribution in [3.05, 3.63) is 35.8 Å². The average molecular weight is 371 g/mol. The SMILES string of the molecule is COc1cncc(C#Cc2cc(NC(O)NCCOCC3CC3)nn2C)c1. The summed E-state index contributed by atoms with van der Waals surface area (Å²) in [5.41, 5.74) is 1.46. The summed E-state index contributed by atoms with van der Waals surface area (Å²) in [6.07, 6.45) is 4.94. The smallest absolute Gasteiger partial charge is 0.182 e. The molecule has 1 aliphatic carbocycles. The summed E-state index contributed by atoms with van der Waals surface area (Å²) in [6, 6.07) is 3.59.